The van der Waals surface area contributed by atoms with Gasteiger partial charge in [-0.15, -0.1) is 0 Å². The summed E-state index contributed by atoms with van der Waals surface area (Å²) in [5.41, 5.74) is 0.244. The number of carbonyl (C=O) groups excluding carboxylic acids is 1. The van der Waals surface area contributed by atoms with Crippen molar-refractivity contribution in [1.82, 2.24) is 0 Å². The predicted octanol–water partition coefficient (Wildman–Crippen LogP) is 4.36. The van der Waals surface area contributed by atoms with Crippen molar-refractivity contribution < 1.29 is 27.8 Å². The van der Waals surface area contributed by atoms with E-state index < -0.39 is 12.5 Å². The topological polar surface area (TPSA) is 56.8 Å². The predicted molar refractivity (Wildman–Crippen MR) is 88.1 cm³/mol. The van der Waals surface area contributed by atoms with Gasteiger partial charge in [0, 0.05) is 18.6 Å². The minimum absolute atomic E-state index is 0.0361. The Kier molecular flexibility index (Phi) is 5.23. The summed E-state index contributed by atoms with van der Waals surface area (Å²) < 4.78 is 40.4. The first-order valence-electron chi connectivity index (χ1n) is 7.49. The molecule has 0 unspecified atom stereocenters. The van der Waals surface area contributed by atoms with Crippen LogP contribution in [0.4, 0.5) is 14.5 Å². The van der Waals surface area contributed by atoms with Gasteiger partial charge in [0.1, 0.15) is 5.75 Å². The third kappa shape index (κ3) is 4.11. The van der Waals surface area contributed by atoms with Crippen molar-refractivity contribution in [3.8, 4) is 17.2 Å². The van der Waals surface area contributed by atoms with Crippen LogP contribution in [0.25, 0.3) is 0 Å². The van der Waals surface area contributed by atoms with Gasteiger partial charge in [0.05, 0.1) is 29.5 Å². The van der Waals surface area contributed by atoms with E-state index in [1.807, 2.05) is 0 Å². The number of fused-ring (bicyclic) bond motifs is 1. The van der Waals surface area contributed by atoms with Gasteiger partial charge in [-0.3, -0.25) is 4.79 Å². The van der Waals surface area contributed by atoms with Crippen LogP contribution >= 0.6 is 11.6 Å². The number of benzene rings is 2. The molecular weight excluding hydrogens is 356 g/mol. The summed E-state index contributed by atoms with van der Waals surface area (Å²) in [6.07, 6.45) is 0.729. The molecular formula is C17H14ClF2NO4. The number of halogens is 3. The van der Waals surface area contributed by atoms with E-state index >= 15 is 0 Å². The first-order valence-corrected chi connectivity index (χ1v) is 7.86. The van der Waals surface area contributed by atoms with Crippen molar-refractivity contribution in [3.05, 3.63) is 47.0 Å². The SMILES string of the molecule is O=C(Nc1cc2c(cc1Cl)OCCCO2)c1ccccc1OC(F)F. The average molecular weight is 370 g/mol. The van der Waals surface area contributed by atoms with Crippen LogP contribution in [-0.4, -0.2) is 25.7 Å². The second-order valence-corrected chi connectivity index (χ2v) is 5.57. The highest BCUT2D eigenvalue weighted by atomic mass is 35.5. The number of para-hydroxylation sites is 1. The Morgan fingerprint density at radius 3 is 2.56 bits per heavy atom. The Bertz CT molecular complexity index is 785. The molecule has 2 aromatic carbocycles. The molecule has 0 saturated heterocycles. The molecule has 132 valence electrons. The summed E-state index contributed by atoms with van der Waals surface area (Å²) in [6.45, 7) is -2.05. The number of amides is 1. The fraction of sp³-hybridized carbons (Fsp3) is 0.235. The molecule has 1 amide bonds. The third-order valence-corrected chi connectivity index (χ3v) is 3.75. The summed E-state index contributed by atoms with van der Waals surface area (Å²) in [5, 5.41) is 2.82. The molecule has 0 aromatic heterocycles. The first kappa shape index (κ1) is 17.3. The number of anilines is 1. The minimum Gasteiger partial charge on any atom is -0.490 e. The fourth-order valence-electron chi connectivity index (χ4n) is 2.32. The molecule has 0 atom stereocenters. The molecule has 0 radical (unpaired) electrons. The summed E-state index contributed by atoms with van der Waals surface area (Å²) in [5.74, 6) is 0.0874. The van der Waals surface area contributed by atoms with Gasteiger partial charge in [-0.25, -0.2) is 0 Å². The van der Waals surface area contributed by atoms with Crippen LogP contribution in [-0.2, 0) is 0 Å². The maximum absolute atomic E-state index is 12.5. The lowest BCUT2D eigenvalue weighted by Crippen LogP contribution is -2.15. The second kappa shape index (κ2) is 7.57. The molecule has 5 nitrogen and oxygen atoms in total. The van der Waals surface area contributed by atoms with E-state index in [1.165, 1.54) is 24.3 Å². The molecule has 0 saturated carbocycles. The number of ether oxygens (including phenoxy) is 3. The van der Waals surface area contributed by atoms with Gasteiger partial charge in [-0.1, -0.05) is 23.7 Å². The molecule has 25 heavy (non-hydrogen) atoms. The number of nitrogens with one attached hydrogen (secondary N) is 1. The van der Waals surface area contributed by atoms with E-state index in [0.29, 0.717) is 24.7 Å². The maximum atomic E-state index is 12.5. The van der Waals surface area contributed by atoms with Gasteiger partial charge in [0.25, 0.3) is 5.91 Å². The molecule has 0 spiro atoms. The van der Waals surface area contributed by atoms with E-state index in [-0.39, 0.29) is 22.0 Å². The standard InChI is InChI=1S/C17H14ClF2NO4/c18-11-8-14-15(24-7-3-6-23-14)9-12(11)21-16(22)10-4-1-2-5-13(10)25-17(19)20/h1-2,4-5,8-9,17H,3,6-7H2,(H,21,22). The van der Waals surface area contributed by atoms with Gasteiger partial charge < -0.3 is 19.5 Å². The zero-order valence-electron chi connectivity index (χ0n) is 12.9. The zero-order chi connectivity index (χ0) is 17.8. The molecule has 3 rings (SSSR count). The summed E-state index contributed by atoms with van der Waals surface area (Å²) in [6, 6.07) is 8.79. The van der Waals surface area contributed by atoms with E-state index in [4.69, 9.17) is 21.1 Å². The van der Waals surface area contributed by atoms with Crippen molar-refractivity contribution in [2.24, 2.45) is 0 Å². The van der Waals surface area contributed by atoms with Gasteiger partial charge in [-0.2, -0.15) is 8.78 Å². The fourth-order valence-corrected chi connectivity index (χ4v) is 2.52. The van der Waals surface area contributed by atoms with Crippen LogP contribution in [0.5, 0.6) is 17.2 Å². The average Bonchev–Trinajstić information content (AvgIpc) is 2.80. The Labute approximate surface area is 147 Å². The van der Waals surface area contributed by atoms with Crippen LogP contribution in [0.2, 0.25) is 5.02 Å². The van der Waals surface area contributed by atoms with Crippen molar-refractivity contribution in [2.45, 2.75) is 13.0 Å². The zero-order valence-corrected chi connectivity index (χ0v) is 13.7. The number of hydrogen-bond acceptors (Lipinski definition) is 4. The van der Waals surface area contributed by atoms with Crippen molar-refractivity contribution in [2.75, 3.05) is 18.5 Å². The minimum atomic E-state index is -3.03. The Balaban J connectivity index is 1.85. The van der Waals surface area contributed by atoms with Crippen LogP contribution in [0.1, 0.15) is 16.8 Å². The highest BCUT2D eigenvalue weighted by Crippen LogP contribution is 2.38. The number of alkyl halides is 2. The molecule has 8 heteroatoms. The molecule has 0 fully saturated rings. The van der Waals surface area contributed by atoms with Gasteiger partial charge in [-0.05, 0) is 12.1 Å². The summed E-state index contributed by atoms with van der Waals surface area (Å²) in [7, 11) is 0. The molecule has 1 aliphatic rings. The number of carbonyl (C=O) groups is 1. The lowest BCUT2D eigenvalue weighted by molar-refractivity contribution is -0.0501. The number of hydrogen-bond donors (Lipinski definition) is 1. The Morgan fingerprint density at radius 2 is 1.84 bits per heavy atom. The smallest absolute Gasteiger partial charge is 0.387 e. The lowest BCUT2D eigenvalue weighted by atomic mass is 10.1. The van der Waals surface area contributed by atoms with E-state index in [9.17, 15) is 13.6 Å². The van der Waals surface area contributed by atoms with Crippen LogP contribution in [0, 0.1) is 0 Å². The molecule has 1 heterocycles. The lowest BCUT2D eigenvalue weighted by Gasteiger charge is -2.14. The normalized spacial score (nSPS) is 13.3. The van der Waals surface area contributed by atoms with Crippen LogP contribution < -0.4 is 19.5 Å². The molecule has 2 aromatic rings. The van der Waals surface area contributed by atoms with E-state index in [2.05, 4.69) is 10.1 Å². The first-order chi connectivity index (χ1) is 12.0. The van der Waals surface area contributed by atoms with Gasteiger partial charge >= 0.3 is 6.61 Å². The van der Waals surface area contributed by atoms with Crippen molar-refractivity contribution >= 4 is 23.2 Å². The largest absolute Gasteiger partial charge is 0.490 e. The second-order valence-electron chi connectivity index (χ2n) is 5.16. The highest BCUT2D eigenvalue weighted by Gasteiger charge is 2.19. The maximum Gasteiger partial charge on any atom is 0.387 e. The van der Waals surface area contributed by atoms with E-state index in [0.717, 1.165) is 6.42 Å². The van der Waals surface area contributed by atoms with Crippen molar-refractivity contribution in [3.63, 3.8) is 0 Å². The van der Waals surface area contributed by atoms with Crippen molar-refractivity contribution in [1.29, 1.82) is 0 Å². The summed E-state index contributed by atoms with van der Waals surface area (Å²) >= 11 is 6.17. The van der Waals surface area contributed by atoms with Crippen LogP contribution in [0.3, 0.4) is 0 Å². The molecule has 1 aliphatic heterocycles. The highest BCUT2D eigenvalue weighted by molar-refractivity contribution is 6.34. The monoisotopic (exact) mass is 369 g/mol. The summed E-state index contributed by atoms with van der Waals surface area (Å²) in [4.78, 5) is 12.4. The van der Waals surface area contributed by atoms with Gasteiger partial charge in [0.15, 0.2) is 11.5 Å². The Morgan fingerprint density at radius 1 is 1.16 bits per heavy atom. The third-order valence-electron chi connectivity index (χ3n) is 3.43. The van der Waals surface area contributed by atoms with Gasteiger partial charge in [0.2, 0.25) is 0 Å². The quantitative estimate of drug-likeness (QED) is 0.870. The Hall–Kier alpha value is -2.54. The molecule has 0 bridgehead atoms. The molecule has 0 aliphatic carbocycles. The van der Waals surface area contributed by atoms with E-state index in [1.54, 1.807) is 12.1 Å². The molecule has 1 N–H and O–H groups in total. The van der Waals surface area contributed by atoms with Crippen LogP contribution in [0.15, 0.2) is 36.4 Å². The number of rotatable bonds is 4.